The van der Waals surface area contributed by atoms with Crippen LogP contribution < -0.4 is 10.6 Å². The molecule has 1 saturated carbocycles. The molecule has 23 heavy (non-hydrogen) atoms. The van der Waals surface area contributed by atoms with Crippen molar-refractivity contribution < 1.29 is 9.59 Å². The van der Waals surface area contributed by atoms with E-state index in [1.54, 1.807) is 6.07 Å². The molecule has 1 fully saturated rings. The molecule has 0 atom stereocenters. The van der Waals surface area contributed by atoms with Crippen molar-refractivity contribution in [1.29, 1.82) is 0 Å². The van der Waals surface area contributed by atoms with E-state index >= 15 is 0 Å². The summed E-state index contributed by atoms with van der Waals surface area (Å²) in [6, 6.07) is 9.82. The molecule has 0 unspecified atom stereocenters. The van der Waals surface area contributed by atoms with Crippen LogP contribution in [0.1, 0.15) is 44.7 Å². The quantitative estimate of drug-likeness (QED) is 0.889. The molecule has 0 bridgehead atoms. The van der Waals surface area contributed by atoms with Gasteiger partial charge in [-0.3, -0.25) is 14.6 Å². The Hall–Kier alpha value is -2.69. The highest BCUT2D eigenvalue weighted by Gasteiger charge is 2.24. The number of pyridine rings is 1. The summed E-state index contributed by atoms with van der Waals surface area (Å²) in [4.78, 5) is 28.2. The Morgan fingerprint density at radius 3 is 2.57 bits per heavy atom. The Kier molecular flexibility index (Phi) is 4.37. The minimum Gasteiger partial charge on any atom is -0.349 e. The fraction of sp³-hybridized carbons (Fsp3) is 0.278. The summed E-state index contributed by atoms with van der Waals surface area (Å²) in [6.07, 6.45) is 5.00. The Labute approximate surface area is 135 Å². The molecule has 0 aliphatic heterocycles. The lowest BCUT2D eigenvalue weighted by atomic mass is 10.1. The summed E-state index contributed by atoms with van der Waals surface area (Å²) < 4.78 is 0. The van der Waals surface area contributed by atoms with Crippen molar-refractivity contribution in [3.05, 3.63) is 65.0 Å². The third-order valence-corrected chi connectivity index (χ3v) is 3.71. The Morgan fingerprint density at radius 2 is 1.87 bits per heavy atom. The van der Waals surface area contributed by atoms with Gasteiger partial charge in [-0.1, -0.05) is 29.8 Å². The molecule has 1 heterocycles. The number of rotatable bonds is 5. The molecule has 5 nitrogen and oxygen atoms in total. The number of hydrogen-bond donors (Lipinski definition) is 2. The Balaban J connectivity index is 1.63. The van der Waals surface area contributed by atoms with E-state index in [1.807, 2.05) is 31.2 Å². The predicted octanol–water partition coefficient (Wildman–Crippen LogP) is 2.21. The third kappa shape index (κ3) is 4.16. The zero-order valence-corrected chi connectivity index (χ0v) is 13.0. The highest BCUT2D eigenvalue weighted by atomic mass is 16.2. The Morgan fingerprint density at radius 1 is 1.13 bits per heavy atom. The summed E-state index contributed by atoms with van der Waals surface area (Å²) in [6.45, 7) is 2.45. The van der Waals surface area contributed by atoms with Crippen LogP contribution >= 0.6 is 0 Å². The lowest BCUT2D eigenvalue weighted by molar-refractivity contribution is 0.0950. The van der Waals surface area contributed by atoms with Crippen LogP contribution in [0.25, 0.3) is 0 Å². The van der Waals surface area contributed by atoms with Gasteiger partial charge in [0.2, 0.25) is 0 Å². The lowest BCUT2D eigenvalue weighted by Crippen LogP contribution is -2.27. The van der Waals surface area contributed by atoms with E-state index in [0.717, 1.165) is 24.0 Å². The van der Waals surface area contributed by atoms with Crippen LogP contribution in [0.5, 0.6) is 0 Å². The molecule has 118 valence electrons. The van der Waals surface area contributed by atoms with Crippen molar-refractivity contribution in [2.45, 2.75) is 32.4 Å². The van der Waals surface area contributed by atoms with E-state index in [4.69, 9.17) is 0 Å². The first-order valence-electron chi connectivity index (χ1n) is 7.71. The molecule has 1 aromatic carbocycles. The molecule has 1 aliphatic carbocycles. The fourth-order valence-corrected chi connectivity index (χ4v) is 2.29. The van der Waals surface area contributed by atoms with E-state index in [9.17, 15) is 9.59 Å². The predicted molar refractivity (Wildman–Crippen MR) is 87.1 cm³/mol. The first kappa shape index (κ1) is 15.2. The zero-order chi connectivity index (χ0) is 16.2. The van der Waals surface area contributed by atoms with Gasteiger partial charge in [-0.25, -0.2) is 0 Å². The van der Waals surface area contributed by atoms with Crippen LogP contribution in [0.4, 0.5) is 0 Å². The molecule has 1 aliphatic rings. The zero-order valence-electron chi connectivity index (χ0n) is 13.0. The molecule has 0 spiro atoms. The second-order valence-electron chi connectivity index (χ2n) is 5.88. The van der Waals surface area contributed by atoms with Crippen molar-refractivity contribution in [3.63, 3.8) is 0 Å². The number of carbonyl (C=O) groups excluding carboxylic acids is 2. The van der Waals surface area contributed by atoms with Gasteiger partial charge in [-0.05, 0) is 31.4 Å². The van der Waals surface area contributed by atoms with Crippen LogP contribution in [0.2, 0.25) is 0 Å². The summed E-state index contributed by atoms with van der Waals surface area (Å²) in [5.41, 5.74) is 2.99. The van der Waals surface area contributed by atoms with Crippen molar-refractivity contribution >= 4 is 11.8 Å². The first-order chi connectivity index (χ1) is 11.1. The standard InChI is InChI=1S/C18H19N3O2/c1-12-3-2-4-13(7-12)9-20-17(22)14-8-15(11-19-10-14)18(23)21-16-5-6-16/h2-4,7-8,10-11,16H,5-6,9H2,1H3,(H,20,22)(H,21,23). The smallest absolute Gasteiger partial charge is 0.253 e. The average molecular weight is 309 g/mol. The number of nitrogens with one attached hydrogen (secondary N) is 2. The molecule has 0 saturated heterocycles. The average Bonchev–Trinajstić information content (AvgIpc) is 3.37. The molecule has 1 aromatic heterocycles. The SMILES string of the molecule is Cc1cccc(CNC(=O)c2cncc(C(=O)NC3CC3)c2)c1. The third-order valence-electron chi connectivity index (χ3n) is 3.71. The van der Waals surface area contributed by atoms with Crippen LogP contribution in [0.15, 0.2) is 42.7 Å². The lowest BCUT2D eigenvalue weighted by Gasteiger charge is -2.07. The van der Waals surface area contributed by atoms with Crippen molar-refractivity contribution in [1.82, 2.24) is 15.6 Å². The van der Waals surface area contributed by atoms with Gasteiger partial charge >= 0.3 is 0 Å². The molecular formula is C18H19N3O2. The van der Waals surface area contributed by atoms with Crippen LogP contribution in [-0.4, -0.2) is 22.8 Å². The van der Waals surface area contributed by atoms with Gasteiger partial charge in [0, 0.05) is 25.0 Å². The number of nitrogens with zero attached hydrogens (tertiary/aromatic N) is 1. The molecule has 5 heteroatoms. The number of aromatic nitrogens is 1. The van der Waals surface area contributed by atoms with Crippen LogP contribution in [0.3, 0.4) is 0 Å². The van der Waals surface area contributed by atoms with Crippen molar-refractivity contribution in [2.75, 3.05) is 0 Å². The molecule has 2 aromatic rings. The summed E-state index contributed by atoms with van der Waals surface area (Å²) >= 11 is 0. The van der Waals surface area contributed by atoms with E-state index < -0.39 is 0 Å². The van der Waals surface area contributed by atoms with Gasteiger partial charge in [-0.2, -0.15) is 0 Å². The van der Waals surface area contributed by atoms with E-state index in [0.29, 0.717) is 17.7 Å². The molecule has 0 radical (unpaired) electrons. The first-order valence-corrected chi connectivity index (χ1v) is 7.71. The number of carbonyl (C=O) groups is 2. The van der Waals surface area contributed by atoms with E-state index in [2.05, 4.69) is 15.6 Å². The van der Waals surface area contributed by atoms with Gasteiger partial charge in [0.25, 0.3) is 11.8 Å². The molecule has 3 rings (SSSR count). The second-order valence-corrected chi connectivity index (χ2v) is 5.88. The topological polar surface area (TPSA) is 71.1 Å². The minimum absolute atomic E-state index is 0.173. The largest absolute Gasteiger partial charge is 0.349 e. The number of amides is 2. The highest BCUT2D eigenvalue weighted by molar-refractivity contribution is 5.99. The second kappa shape index (κ2) is 6.60. The molecule has 2 N–H and O–H groups in total. The maximum Gasteiger partial charge on any atom is 0.253 e. The van der Waals surface area contributed by atoms with Gasteiger partial charge < -0.3 is 10.6 Å². The number of hydrogen-bond acceptors (Lipinski definition) is 3. The molecule has 2 amide bonds. The monoisotopic (exact) mass is 309 g/mol. The van der Waals surface area contributed by atoms with E-state index in [-0.39, 0.29) is 17.9 Å². The number of benzene rings is 1. The van der Waals surface area contributed by atoms with Gasteiger partial charge in [0.05, 0.1) is 11.1 Å². The van der Waals surface area contributed by atoms with Gasteiger partial charge in [0.1, 0.15) is 0 Å². The van der Waals surface area contributed by atoms with E-state index in [1.165, 1.54) is 12.4 Å². The fourth-order valence-electron chi connectivity index (χ4n) is 2.29. The van der Waals surface area contributed by atoms with Crippen LogP contribution in [0, 0.1) is 6.92 Å². The van der Waals surface area contributed by atoms with Crippen LogP contribution in [-0.2, 0) is 6.54 Å². The van der Waals surface area contributed by atoms with Crippen molar-refractivity contribution in [2.24, 2.45) is 0 Å². The summed E-state index contributed by atoms with van der Waals surface area (Å²) in [5, 5.41) is 5.74. The maximum atomic E-state index is 12.2. The summed E-state index contributed by atoms with van der Waals surface area (Å²) in [5.74, 6) is -0.409. The highest BCUT2D eigenvalue weighted by Crippen LogP contribution is 2.19. The summed E-state index contributed by atoms with van der Waals surface area (Å²) in [7, 11) is 0. The van der Waals surface area contributed by atoms with Crippen molar-refractivity contribution in [3.8, 4) is 0 Å². The van der Waals surface area contributed by atoms with Gasteiger partial charge in [-0.15, -0.1) is 0 Å². The number of aryl methyl sites for hydroxylation is 1. The van der Waals surface area contributed by atoms with Gasteiger partial charge in [0.15, 0.2) is 0 Å². The normalized spacial score (nSPS) is 13.4. The Bertz CT molecular complexity index is 739. The minimum atomic E-state index is -0.236. The maximum absolute atomic E-state index is 12.2. The molecular weight excluding hydrogens is 290 g/mol.